The summed E-state index contributed by atoms with van der Waals surface area (Å²) in [5.74, 6) is 0. The first-order chi connectivity index (χ1) is 6.01. The van der Waals surface area contributed by atoms with E-state index in [-0.39, 0.29) is 5.60 Å². The summed E-state index contributed by atoms with van der Waals surface area (Å²) in [7, 11) is 0. The molecule has 0 bridgehead atoms. The molecule has 0 fully saturated rings. The summed E-state index contributed by atoms with van der Waals surface area (Å²) in [6.45, 7) is 7.49. The second kappa shape index (κ2) is 4.22. The summed E-state index contributed by atoms with van der Waals surface area (Å²) in [5.41, 5.74) is 5.45. The second-order valence-corrected chi connectivity index (χ2v) is 5.23. The fourth-order valence-electron chi connectivity index (χ4n) is 0.897. The van der Waals surface area contributed by atoms with E-state index in [1.807, 2.05) is 0 Å². The summed E-state index contributed by atoms with van der Waals surface area (Å²) in [4.78, 5) is 2.46. The van der Waals surface area contributed by atoms with Crippen molar-refractivity contribution in [2.75, 3.05) is 0 Å². The highest BCUT2D eigenvalue weighted by Gasteiger charge is 2.10. The third kappa shape index (κ3) is 3.89. The van der Waals surface area contributed by atoms with E-state index in [1.165, 1.54) is 9.75 Å². The Morgan fingerprint density at radius 3 is 2.38 bits per heavy atom. The summed E-state index contributed by atoms with van der Waals surface area (Å²) >= 11 is 1.72. The van der Waals surface area contributed by atoms with Crippen LogP contribution in [0.1, 0.15) is 30.5 Å². The first-order valence-electron chi connectivity index (χ1n) is 4.43. The molecule has 0 spiro atoms. The Labute approximate surface area is 83.7 Å². The predicted octanol–water partition coefficient (Wildman–Crippen LogP) is 2.52. The van der Waals surface area contributed by atoms with E-state index in [0.717, 1.165) is 0 Å². The Morgan fingerprint density at radius 2 is 1.92 bits per heavy atom. The highest BCUT2D eigenvalue weighted by atomic mass is 32.1. The van der Waals surface area contributed by atoms with Crippen LogP contribution in [0.15, 0.2) is 12.1 Å². The van der Waals surface area contributed by atoms with Gasteiger partial charge in [-0.3, -0.25) is 0 Å². The van der Waals surface area contributed by atoms with E-state index in [0.29, 0.717) is 13.2 Å². The summed E-state index contributed by atoms with van der Waals surface area (Å²) in [6.07, 6.45) is 0. The first-order valence-corrected chi connectivity index (χ1v) is 5.24. The van der Waals surface area contributed by atoms with Crippen molar-refractivity contribution in [2.45, 2.75) is 39.5 Å². The highest BCUT2D eigenvalue weighted by Crippen LogP contribution is 2.19. The lowest BCUT2D eigenvalue weighted by atomic mass is 10.2. The van der Waals surface area contributed by atoms with Crippen LogP contribution in [0.4, 0.5) is 0 Å². The zero-order valence-electron chi connectivity index (χ0n) is 8.46. The van der Waals surface area contributed by atoms with Gasteiger partial charge in [-0.05, 0) is 32.9 Å². The van der Waals surface area contributed by atoms with E-state index in [2.05, 4.69) is 32.9 Å². The van der Waals surface area contributed by atoms with Crippen molar-refractivity contribution < 1.29 is 4.74 Å². The van der Waals surface area contributed by atoms with Crippen molar-refractivity contribution in [1.82, 2.24) is 0 Å². The molecule has 3 heteroatoms. The van der Waals surface area contributed by atoms with Crippen LogP contribution in [0, 0.1) is 0 Å². The Morgan fingerprint density at radius 1 is 1.31 bits per heavy atom. The molecule has 0 aliphatic carbocycles. The van der Waals surface area contributed by atoms with E-state index in [9.17, 15) is 0 Å². The maximum Gasteiger partial charge on any atom is 0.0816 e. The second-order valence-electron chi connectivity index (χ2n) is 3.97. The van der Waals surface area contributed by atoms with Gasteiger partial charge in [-0.2, -0.15) is 0 Å². The molecule has 2 nitrogen and oxygen atoms in total. The van der Waals surface area contributed by atoms with E-state index in [4.69, 9.17) is 10.5 Å². The van der Waals surface area contributed by atoms with Crippen molar-refractivity contribution in [3.63, 3.8) is 0 Å². The lowest BCUT2D eigenvalue weighted by Crippen LogP contribution is -2.18. The number of hydrogen-bond acceptors (Lipinski definition) is 3. The van der Waals surface area contributed by atoms with Gasteiger partial charge in [0.05, 0.1) is 12.2 Å². The molecule has 0 aliphatic rings. The number of ether oxygens (including phenoxy) is 1. The fraction of sp³-hybridized carbons (Fsp3) is 0.600. The predicted molar refractivity (Wildman–Crippen MR) is 56.8 cm³/mol. The van der Waals surface area contributed by atoms with E-state index in [1.54, 1.807) is 11.3 Å². The number of nitrogens with two attached hydrogens (primary N) is 1. The molecule has 0 aromatic carbocycles. The van der Waals surface area contributed by atoms with Crippen LogP contribution in [0.25, 0.3) is 0 Å². The Balaban J connectivity index is 2.46. The quantitative estimate of drug-likeness (QED) is 0.812. The topological polar surface area (TPSA) is 35.2 Å². The van der Waals surface area contributed by atoms with Gasteiger partial charge in [-0.15, -0.1) is 11.3 Å². The van der Waals surface area contributed by atoms with Gasteiger partial charge in [-0.25, -0.2) is 0 Å². The van der Waals surface area contributed by atoms with Gasteiger partial charge in [-0.1, -0.05) is 0 Å². The van der Waals surface area contributed by atoms with Crippen LogP contribution in [0.3, 0.4) is 0 Å². The van der Waals surface area contributed by atoms with E-state index >= 15 is 0 Å². The number of thiophene rings is 1. The first kappa shape index (κ1) is 10.7. The molecule has 0 aliphatic heterocycles. The Hall–Kier alpha value is -0.380. The molecule has 74 valence electrons. The largest absolute Gasteiger partial charge is 0.370 e. The third-order valence-corrected chi connectivity index (χ3v) is 2.65. The maximum atomic E-state index is 5.64. The molecule has 13 heavy (non-hydrogen) atoms. The van der Waals surface area contributed by atoms with Gasteiger partial charge in [0.1, 0.15) is 0 Å². The molecule has 1 rings (SSSR count). The van der Waals surface area contributed by atoms with Crippen LogP contribution in [0.5, 0.6) is 0 Å². The molecule has 1 aromatic heterocycles. The van der Waals surface area contributed by atoms with Crippen LogP contribution >= 0.6 is 11.3 Å². The summed E-state index contributed by atoms with van der Waals surface area (Å²) in [6, 6.07) is 4.14. The minimum absolute atomic E-state index is 0.0626. The molecule has 2 N–H and O–H groups in total. The standard InChI is InChI=1S/C10H17NOS/c1-10(2,3)12-7-9-5-4-8(6-11)13-9/h4-5H,6-7,11H2,1-3H3. The molecular weight excluding hydrogens is 182 g/mol. The lowest BCUT2D eigenvalue weighted by molar-refractivity contribution is -0.0136. The van der Waals surface area contributed by atoms with Gasteiger partial charge in [0.25, 0.3) is 0 Å². The fourth-order valence-corrected chi connectivity index (χ4v) is 1.71. The summed E-state index contributed by atoms with van der Waals surface area (Å²) in [5, 5.41) is 0. The van der Waals surface area contributed by atoms with Crippen molar-refractivity contribution in [3.8, 4) is 0 Å². The molecule has 0 saturated carbocycles. The van der Waals surface area contributed by atoms with Gasteiger partial charge in [0.2, 0.25) is 0 Å². The minimum Gasteiger partial charge on any atom is -0.370 e. The number of rotatable bonds is 3. The third-order valence-electron chi connectivity index (χ3n) is 1.57. The molecule has 0 amide bonds. The minimum atomic E-state index is -0.0626. The van der Waals surface area contributed by atoms with Crippen LogP contribution in [-0.4, -0.2) is 5.60 Å². The van der Waals surface area contributed by atoms with Gasteiger partial charge in [0.15, 0.2) is 0 Å². The lowest BCUT2D eigenvalue weighted by Gasteiger charge is -2.18. The smallest absolute Gasteiger partial charge is 0.0816 e. The van der Waals surface area contributed by atoms with Crippen molar-refractivity contribution >= 4 is 11.3 Å². The Kier molecular flexibility index (Phi) is 3.47. The average molecular weight is 199 g/mol. The van der Waals surface area contributed by atoms with Crippen molar-refractivity contribution in [3.05, 3.63) is 21.9 Å². The van der Waals surface area contributed by atoms with Crippen LogP contribution in [-0.2, 0) is 17.9 Å². The molecule has 0 radical (unpaired) electrons. The van der Waals surface area contributed by atoms with Crippen molar-refractivity contribution in [2.24, 2.45) is 5.73 Å². The van der Waals surface area contributed by atoms with Crippen molar-refractivity contribution in [1.29, 1.82) is 0 Å². The van der Waals surface area contributed by atoms with Crippen LogP contribution in [0.2, 0.25) is 0 Å². The van der Waals surface area contributed by atoms with Gasteiger partial charge >= 0.3 is 0 Å². The molecule has 0 atom stereocenters. The average Bonchev–Trinajstić information content (AvgIpc) is 2.47. The molecule has 0 unspecified atom stereocenters. The Bertz CT molecular complexity index is 262. The molecular formula is C10H17NOS. The molecule has 1 aromatic rings. The van der Waals surface area contributed by atoms with E-state index < -0.39 is 0 Å². The molecule has 1 heterocycles. The van der Waals surface area contributed by atoms with Gasteiger partial charge < -0.3 is 10.5 Å². The number of hydrogen-bond donors (Lipinski definition) is 1. The van der Waals surface area contributed by atoms with Gasteiger partial charge in [0, 0.05) is 16.3 Å². The normalized spacial score (nSPS) is 12.0. The monoisotopic (exact) mass is 199 g/mol. The zero-order valence-corrected chi connectivity index (χ0v) is 9.28. The van der Waals surface area contributed by atoms with Crippen LogP contribution < -0.4 is 5.73 Å². The zero-order chi connectivity index (χ0) is 9.90. The maximum absolute atomic E-state index is 5.64. The summed E-state index contributed by atoms with van der Waals surface area (Å²) < 4.78 is 5.64. The SMILES string of the molecule is CC(C)(C)OCc1ccc(CN)s1. The molecule has 0 saturated heterocycles. The highest BCUT2D eigenvalue weighted by molar-refractivity contribution is 7.11.